The predicted molar refractivity (Wildman–Crippen MR) is 47.2 cm³/mol. The van der Waals surface area contributed by atoms with Crippen LogP contribution >= 0.6 is 0 Å². The number of carbonyl (C=O) groups is 1. The highest BCUT2D eigenvalue weighted by Crippen LogP contribution is 2.01. The Morgan fingerprint density at radius 3 is 2.42 bits per heavy atom. The van der Waals surface area contributed by atoms with Gasteiger partial charge in [0.2, 0.25) is 0 Å². The Balaban J connectivity index is 2.87. The number of aliphatic hydroxyl groups is 1. The van der Waals surface area contributed by atoms with Crippen LogP contribution in [-0.4, -0.2) is 10.9 Å². The van der Waals surface area contributed by atoms with Gasteiger partial charge in [-0.05, 0) is 6.92 Å². The minimum atomic E-state index is -0.171. The minimum Gasteiger partial charge on any atom is -0.512 e. The average Bonchev–Trinajstić information content (AvgIpc) is 2.05. The summed E-state index contributed by atoms with van der Waals surface area (Å²) >= 11 is 0. The maximum atomic E-state index is 11.2. The molecule has 1 N–H and O–H groups in total. The van der Waals surface area contributed by atoms with Gasteiger partial charge < -0.3 is 5.11 Å². The van der Waals surface area contributed by atoms with Gasteiger partial charge in [0.1, 0.15) is 0 Å². The number of rotatable bonds is 2. The number of hydrogen-bond donors (Lipinski definition) is 1. The Labute approximate surface area is 71.2 Å². The van der Waals surface area contributed by atoms with E-state index in [9.17, 15) is 4.79 Å². The van der Waals surface area contributed by atoms with Crippen LogP contribution in [0.2, 0.25) is 0 Å². The van der Waals surface area contributed by atoms with Crippen LogP contribution in [0.25, 0.3) is 0 Å². The number of ketones is 1. The zero-order chi connectivity index (χ0) is 8.97. The average molecular weight is 162 g/mol. The summed E-state index contributed by atoms with van der Waals surface area (Å²) in [7, 11) is 0. The second-order valence-corrected chi connectivity index (χ2v) is 2.52. The number of allylic oxidation sites excluding steroid dienone is 2. The highest BCUT2D eigenvalue weighted by Gasteiger charge is 1.99. The largest absolute Gasteiger partial charge is 0.512 e. The maximum Gasteiger partial charge on any atom is 0.189 e. The highest BCUT2D eigenvalue weighted by atomic mass is 16.3. The molecular weight excluding hydrogens is 152 g/mol. The van der Waals surface area contributed by atoms with E-state index < -0.39 is 0 Å². The molecular formula is C10H10O2. The van der Waals surface area contributed by atoms with Gasteiger partial charge in [-0.1, -0.05) is 30.3 Å². The molecule has 0 radical (unpaired) electrons. The van der Waals surface area contributed by atoms with Crippen molar-refractivity contribution in [3.63, 3.8) is 0 Å². The van der Waals surface area contributed by atoms with E-state index in [1.54, 1.807) is 24.3 Å². The van der Waals surface area contributed by atoms with E-state index in [2.05, 4.69) is 0 Å². The molecule has 0 atom stereocenters. The zero-order valence-electron chi connectivity index (χ0n) is 6.82. The molecule has 0 unspecified atom stereocenters. The van der Waals surface area contributed by atoms with Crippen LogP contribution in [-0.2, 0) is 0 Å². The molecule has 1 rings (SSSR count). The summed E-state index contributed by atoms with van der Waals surface area (Å²) in [4.78, 5) is 11.2. The highest BCUT2D eigenvalue weighted by molar-refractivity contribution is 6.04. The van der Waals surface area contributed by atoms with Gasteiger partial charge in [0.05, 0.1) is 5.76 Å². The fourth-order valence-corrected chi connectivity index (χ4v) is 0.875. The Hall–Kier alpha value is -1.57. The van der Waals surface area contributed by atoms with E-state index in [0.717, 1.165) is 0 Å². The summed E-state index contributed by atoms with van der Waals surface area (Å²) in [6.07, 6.45) is 1.20. The summed E-state index contributed by atoms with van der Waals surface area (Å²) in [6.45, 7) is 1.47. The molecule has 0 fully saturated rings. The third-order valence-corrected chi connectivity index (χ3v) is 1.40. The smallest absolute Gasteiger partial charge is 0.189 e. The standard InChI is InChI=1S/C10H10O2/c1-8(11)7-10(12)9-5-3-2-4-6-9/h2-7,11H,1H3. The molecule has 0 aliphatic rings. The lowest BCUT2D eigenvalue weighted by atomic mass is 10.1. The first-order chi connectivity index (χ1) is 5.70. The van der Waals surface area contributed by atoms with Crippen LogP contribution in [0.1, 0.15) is 17.3 Å². The van der Waals surface area contributed by atoms with Crippen LogP contribution < -0.4 is 0 Å². The predicted octanol–water partition coefficient (Wildman–Crippen LogP) is 2.33. The van der Waals surface area contributed by atoms with Crippen LogP contribution in [0.15, 0.2) is 42.2 Å². The first-order valence-corrected chi connectivity index (χ1v) is 3.67. The van der Waals surface area contributed by atoms with Crippen molar-refractivity contribution in [1.29, 1.82) is 0 Å². The van der Waals surface area contributed by atoms with Crippen molar-refractivity contribution in [2.75, 3.05) is 0 Å². The lowest BCUT2D eigenvalue weighted by Crippen LogP contribution is -1.94. The van der Waals surface area contributed by atoms with Crippen LogP contribution in [0, 0.1) is 0 Å². The third-order valence-electron chi connectivity index (χ3n) is 1.40. The second-order valence-electron chi connectivity index (χ2n) is 2.52. The Morgan fingerprint density at radius 2 is 1.92 bits per heavy atom. The topological polar surface area (TPSA) is 37.3 Å². The summed E-state index contributed by atoms with van der Waals surface area (Å²) in [5, 5.41) is 8.82. The van der Waals surface area contributed by atoms with Crippen LogP contribution in [0.4, 0.5) is 0 Å². The molecule has 0 aromatic heterocycles. The van der Waals surface area contributed by atoms with Gasteiger partial charge >= 0.3 is 0 Å². The van der Waals surface area contributed by atoms with Crippen molar-refractivity contribution in [1.82, 2.24) is 0 Å². The number of aliphatic hydroxyl groups excluding tert-OH is 1. The lowest BCUT2D eigenvalue weighted by molar-refractivity contribution is 0.104. The van der Waals surface area contributed by atoms with Crippen molar-refractivity contribution in [3.05, 3.63) is 47.7 Å². The lowest BCUT2D eigenvalue weighted by Gasteiger charge is -1.93. The molecule has 12 heavy (non-hydrogen) atoms. The van der Waals surface area contributed by atoms with Gasteiger partial charge in [-0.2, -0.15) is 0 Å². The molecule has 0 spiro atoms. The summed E-state index contributed by atoms with van der Waals surface area (Å²) < 4.78 is 0. The normalized spacial score (nSPS) is 11.2. The van der Waals surface area contributed by atoms with Gasteiger partial charge in [-0.3, -0.25) is 4.79 Å². The minimum absolute atomic E-state index is 0.0313. The van der Waals surface area contributed by atoms with Crippen molar-refractivity contribution >= 4 is 5.78 Å². The first-order valence-electron chi connectivity index (χ1n) is 3.67. The fraction of sp³-hybridized carbons (Fsp3) is 0.100. The molecule has 0 saturated carbocycles. The Morgan fingerprint density at radius 1 is 1.33 bits per heavy atom. The molecule has 0 heterocycles. The van der Waals surface area contributed by atoms with E-state index in [-0.39, 0.29) is 11.5 Å². The molecule has 0 aliphatic heterocycles. The van der Waals surface area contributed by atoms with Crippen molar-refractivity contribution in [2.24, 2.45) is 0 Å². The molecule has 1 aromatic carbocycles. The van der Waals surface area contributed by atoms with E-state index in [1.807, 2.05) is 6.07 Å². The fourth-order valence-electron chi connectivity index (χ4n) is 0.875. The summed E-state index contributed by atoms with van der Waals surface area (Å²) in [6, 6.07) is 8.83. The summed E-state index contributed by atoms with van der Waals surface area (Å²) in [5.74, 6) is -0.139. The van der Waals surface area contributed by atoms with E-state index in [1.165, 1.54) is 13.0 Å². The molecule has 1 aromatic rings. The molecule has 0 bridgehead atoms. The van der Waals surface area contributed by atoms with Crippen molar-refractivity contribution < 1.29 is 9.90 Å². The zero-order valence-corrected chi connectivity index (χ0v) is 6.82. The Kier molecular flexibility index (Phi) is 2.64. The van der Waals surface area contributed by atoms with Crippen LogP contribution in [0.3, 0.4) is 0 Å². The molecule has 0 aliphatic carbocycles. The molecule has 0 saturated heterocycles. The van der Waals surface area contributed by atoms with Gasteiger partial charge in [-0.15, -0.1) is 0 Å². The van der Waals surface area contributed by atoms with Crippen molar-refractivity contribution in [2.45, 2.75) is 6.92 Å². The number of benzene rings is 1. The monoisotopic (exact) mass is 162 g/mol. The second kappa shape index (κ2) is 3.72. The number of carbonyl (C=O) groups excluding carboxylic acids is 1. The molecule has 62 valence electrons. The third kappa shape index (κ3) is 2.23. The molecule has 2 heteroatoms. The van der Waals surface area contributed by atoms with E-state index in [0.29, 0.717) is 5.56 Å². The van der Waals surface area contributed by atoms with Gasteiger partial charge in [0.15, 0.2) is 5.78 Å². The van der Waals surface area contributed by atoms with Crippen LogP contribution in [0.5, 0.6) is 0 Å². The molecule has 0 amide bonds. The van der Waals surface area contributed by atoms with Gasteiger partial charge in [0.25, 0.3) is 0 Å². The van der Waals surface area contributed by atoms with Gasteiger partial charge in [-0.25, -0.2) is 0 Å². The van der Waals surface area contributed by atoms with Crippen molar-refractivity contribution in [3.8, 4) is 0 Å². The maximum absolute atomic E-state index is 11.2. The molecule has 2 nitrogen and oxygen atoms in total. The number of hydrogen-bond acceptors (Lipinski definition) is 2. The Bertz CT molecular complexity index is 295. The van der Waals surface area contributed by atoms with Gasteiger partial charge in [0, 0.05) is 11.6 Å². The quantitative estimate of drug-likeness (QED) is 0.411. The SMILES string of the molecule is CC(O)=CC(=O)c1ccccc1. The first kappa shape index (κ1) is 8.53. The van der Waals surface area contributed by atoms with E-state index >= 15 is 0 Å². The summed E-state index contributed by atoms with van der Waals surface area (Å²) in [5.41, 5.74) is 0.589. The van der Waals surface area contributed by atoms with E-state index in [4.69, 9.17) is 5.11 Å².